The van der Waals surface area contributed by atoms with Gasteiger partial charge in [0.1, 0.15) is 0 Å². The number of hydrogen-bond donors (Lipinski definition) is 0. The number of carbonyl (C=O) groups excluding carboxylic acids is 1. The lowest BCUT2D eigenvalue weighted by molar-refractivity contribution is 0.225. The van der Waals surface area contributed by atoms with Crippen LogP contribution in [0.2, 0.25) is 0 Å². The second-order valence-electron chi connectivity index (χ2n) is 1.59. The van der Waals surface area contributed by atoms with Crippen molar-refractivity contribution in [2.24, 2.45) is 0 Å². The topological polar surface area (TPSA) is 34.4 Å². The van der Waals surface area contributed by atoms with E-state index in [0.717, 1.165) is 6.54 Å². The lowest BCUT2D eigenvalue weighted by atomic mass is 10.7. The number of rotatable bonds is 0. The molecule has 0 aromatic rings. The molecule has 39 valence electrons. The third-order valence-electron chi connectivity index (χ3n) is 1.01. The van der Waals surface area contributed by atoms with Crippen molar-refractivity contribution in [1.29, 1.82) is 0 Å². The Kier molecular flexibility index (Phi) is 0.889. The molecule has 3 heteroatoms. The summed E-state index contributed by atoms with van der Waals surface area (Å²) < 4.78 is 0. The van der Waals surface area contributed by atoms with Crippen molar-refractivity contribution < 1.29 is 4.79 Å². The molecular weight excluding hydrogens is 92.1 g/mol. The van der Waals surface area contributed by atoms with Gasteiger partial charge < -0.3 is 4.90 Å². The molecule has 1 rings (SSSR count). The third kappa shape index (κ3) is 0.656. The zero-order chi connectivity index (χ0) is 5.28. The van der Waals surface area contributed by atoms with Crippen molar-refractivity contribution in [1.82, 2.24) is 10.2 Å². The van der Waals surface area contributed by atoms with Crippen molar-refractivity contribution in [2.75, 3.05) is 20.1 Å². The fourth-order valence-corrected chi connectivity index (χ4v) is 0.512. The Morgan fingerprint density at radius 3 is 2.71 bits per heavy atom. The van der Waals surface area contributed by atoms with Gasteiger partial charge in [-0.05, 0) is 0 Å². The molecule has 0 aliphatic carbocycles. The maximum absolute atomic E-state index is 10.3. The van der Waals surface area contributed by atoms with Crippen LogP contribution < -0.4 is 5.32 Å². The zero-order valence-electron chi connectivity index (χ0n) is 4.22. The summed E-state index contributed by atoms with van der Waals surface area (Å²) in [6.45, 7) is 1.47. The van der Waals surface area contributed by atoms with E-state index < -0.39 is 0 Å². The highest BCUT2D eigenvalue weighted by Gasteiger charge is 2.15. The van der Waals surface area contributed by atoms with E-state index in [0.29, 0.717) is 6.54 Å². The van der Waals surface area contributed by atoms with Gasteiger partial charge in [0.25, 0.3) is 0 Å². The van der Waals surface area contributed by atoms with Crippen molar-refractivity contribution in [2.45, 2.75) is 0 Å². The standard InChI is InChI=1S/C4H7N2O/c1-6-3-2-5-4(6)7/h2-3H2,1H3. The first-order chi connectivity index (χ1) is 3.30. The van der Waals surface area contributed by atoms with E-state index >= 15 is 0 Å². The second-order valence-corrected chi connectivity index (χ2v) is 1.59. The average molecular weight is 99.1 g/mol. The Morgan fingerprint density at radius 1 is 1.86 bits per heavy atom. The highest BCUT2D eigenvalue weighted by Crippen LogP contribution is 1.90. The van der Waals surface area contributed by atoms with Gasteiger partial charge in [0.2, 0.25) is 0 Å². The van der Waals surface area contributed by atoms with Crippen LogP contribution >= 0.6 is 0 Å². The molecule has 1 fully saturated rings. The summed E-state index contributed by atoms with van der Waals surface area (Å²) in [7, 11) is 1.75. The van der Waals surface area contributed by atoms with Crippen LogP contribution in [0.15, 0.2) is 0 Å². The van der Waals surface area contributed by atoms with Crippen LogP contribution in [0.25, 0.3) is 0 Å². The molecule has 0 spiro atoms. The number of amides is 2. The lowest BCUT2D eigenvalue weighted by Crippen LogP contribution is -2.19. The second kappa shape index (κ2) is 1.40. The van der Waals surface area contributed by atoms with Gasteiger partial charge in [-0.25, -0.2) is 10.1 Å². The Hall–Kier alpha value is -0.730. The van der Waals surface area contributed by atoms with E-state index in [9.17, 15) is 4.79 Å². The summed E-state index contributed by atoms with van der Waals surface area (Å²) in [6, 6.07) is -0.0833. The van der Waals surface area contributed by atoms with Crippen LogP contribution in [0.5, 0.6) is 0 Å². The minimum atomic E-state index is -0.0833. The van der Waals surface area contributed by atoms with E-state index in [-0.39, 0.29) is 6.03 Å². The Balaban J connectivity index is 2.48. The Bertz CT molecular complexity index is 91.7. The largest absolute Gasteiger partial charge is 0.338 e. The van der Waals surface area contributed by atoms with E-state index in [1.165, 1.54) is 0 Å². The molecule has 0 bridgehead atoms. The first-order valence-corrected chi connectivity index (χ1v) is 2.23. The van der Waals surface area contributed by atoms with Crippen LogP contribution in [-0.4, -0.2) is 31.1 Å². The molecule has 1 heterocycles. The Morgan fingerprint density at radius 2 is 2.57 bits per heavy atom. The fraction of sp³-hybridized carbons (Fsp3) is 0.750. The van der Waals surface area contributed by atoms with Crippen LogP contribution in [0, 0.1) is 0 Å². The minimum absolute atomic E-state index is 0.0833. The number of carbonyl (C=O) groups is 1. The molecule has 0 N–H and O–H groups in total. The van der Waals surface area contributed by atoms with E-state index in [2.05, 4.69) is 5.32 Å². The summed E-state index contributed by atoms with van der Waals surface area (Å²) in [4.78, 5) is 11.9. The van der Waals surface area contributed by atoms with Gasteiger partial charge in [-0.2, -0.15) is 0 Å². The van der Waals surface area contributed by atoms with E-state index in [1.807, 2.05) is 0 Å². The fourth-order valence-electron chi connectivity index (χ4n) is 0.512. The Labute approximate surface area is 42.3 Å². The van der Waals surface area contributed by atoms with E-state index in [4.69, 9.17) is 0 Å². The monoisotopic (exact) mass is 99.1 g/mol. The van der Waals surface area contributed by atoms with Crippen LogP contribution in [0.4, 0.5) is 4.79 Å². The van der Waals surface area contributed by atoms with Gasteiger partial charge in [-0.3, -0.25) is 0 Å². The molecule has 0 aromatic heterocycles. The smallest absolute Gasteiger partial charge is 0.324 e. The average Bonchev–Trinajstić information content (AvgIpc) is 1.91. The first kappa shape index (κ1) is 4.43. The molecule has 1 aliphatic rings. The molecule has 7 heavy (non-hydrogen) atoms. The summed E-state index contributed by atoms with van der Waals surface area (Å²) in [5.74, 6) is 0. The van der Waals surface area contributed by atoms with Gasteiger partial charge in [-0.1, -0.05) is 0 Å². The van der Waals surface area contributed by atoms with Crippen LogP contribution in [0.1, 0.15) is 0 Å². The van der Waals surface area contributed by atoms with Crippen molar-refractivity contribution in [3.8, 4) is 0 Å². The van der Waals surface area contributed by atoms with Crippen LogP contribution in [0.3, 0.4) is 0 Å². The number of likely N-dealkylation sites (N-methyl/N-ethyl adjacent to an activating group) is 1. The lowest BCUT2D eigenvalue weighted by Gasteiger charge is -2.00. The summed E-state index contributed by atoms with van der Waals surface area (Å²) in [6.07, 6.45) is 0. The molecule has 1 aliphatic heterocycles. The normalized spacial score (nSPS) is 20.1. The van der Waals surface area contributed by atoms with E-state index in [1.54, 1.807) is 11.9 Å². The molecular formula is C4H7N2O. The van der Waals surface area contributed by atoms with Gasteiger partial charge in [0, 0.05) is 13.6 Å². The summed E-state index contributed by atoms with van der Waals surface area (Å²) >= 11 is 0. The summed E-state index contributed by atoms with van der Waals surface area (Å²) in [5.41, 5.74) is 0. The molecule has 0 aromatic carbocycles. The zero-order valence-corrected chi connectivity index (χ0v) is 4.22. The van der Waals surface area contributed by atoms with Gasteiger partial charge in [-0.15, -0.1) is 0 Å². The molecule has 1 saturated heterocycles. The SMILES string of the molecule is CN1CC[N]C1=O. The number of urea groups is 1. The predicted octanol–water partition coefficient (Wildman–Crippen LogP) is -0.344. The van der Waals surface area contributed by atoms with Crippen molar-refractivity contribution >= 4 is 6.03 Å². The molecule has 3 nitrogen and oxygen atoms in total. The summed E-state index contributed by atoms with van der Waals surface area (Å²) in [5, 5.41) is 3.60. The number of hydrogen-bond acceptors (Lipinski definition) is 1. The third-order valence-corrected chi connectivity index (χ3v) is 1.01. The molecule has 0 atom stereocenters. The molecule has 0 unspecified atom stereocenters. The highest BCUT2D eigenvalue weighted by molar-refractivity contribution is 5.75. The van der Waals surface area contributed by atoms with Crippen molar-refractivity contribution in [3.63, 3.8) is 0 Å². The highest BCUT2D eigenvalue weighted by atomic mass is 16.2. The quantitative estimate of drug-likeness (QED) is 0.409. The molecule has 1 radical (unpaired) electrons. The first-order valence-electron chi connectivity index (χ1n) is 2.23. The minimum Gasteiger partial charge on any atom is -0.324 e. The molecule has 2 amide bonds. The van der Waals surface area contributed by atoms with Gasteiger partial charge >= 0.3 is 6.03 Å². The number of nitrogens with zero attached hydrogens (tertiary/aromatic N) is 2. The predicted molar refractivity (Wildman–Crippen MR) is 25.0 cm³/mol. The van der Waals surface area contributed by atoms with Crippen molar-refractivity contribution in [3.05, 3.63) is 0 Å². The maximum atomic E-state index is 10.3. The van der Waals surface area contributed by atoms with Gasteiger partial charge in [0.15, 0.2) is 0 Å². The molecule has 0 saturated carbocycles. The maximum Gasteiger partial charge on any atom is 0.338 e. The van der Waals surface area contributed by atoms with Gasteiger partial charge in [0.05, 0.1) is 6.54 Å². The van der Waals surface area contributed by atoms with Crippen LogP contribution in [-0.2, 0) is 0 Å².